The molecule has 3 N–H and O–H groups in total. The molecule has 1 unspecified atom stereocenters. The van der Waals surface area contributed by atoms with Gasteiger partial charge in [0.2, 0.25) is 0 Å². The first-order chi connectivity index (χ1) is 11.7. The number of carbonyl (C=O) groups is 1. The van der Waals surface area contributed by atoms with E-state index in [1.165, 1.54) is 30.2 Å². The molecule has 0 spiro atoms. The van der Waals surface area contributed by atoms with E-state index in [1.54, 1.807) is 0 Å². The molecule has 5 nitrogen and oxygen atoms in total. The van der Waals surface area contributed by atoms with Gasteiger partial charge in [0.15, 0.2) is 0 Å². The van der Waals surface area contributed by atoms with Crippen molar-refractivity contribution in [3.8, 4) is 6.07 Å². The maximum absolute atomic E-state index is 12.2. The number of aliphatic hydroxyl groups is 1. The number of aryl methyl sites for hydroxylation is 2. The normalized spacial score (nSPS) is 15.1. The molecule has 0 bridgehead atoms. The van der Waals surface area contributed by atoms with Gasteiger partial charge in [0, 0.05) is 19.4 Å². The highest BCUT2D eigenvalue weighted by molar-refractivity contribution is 5.97. The summed E-state index contributed by atoms with van der Waals surface area (Å²) in [5.74, 6) is -0.390. The molecule has 5 heteroatoms. The SMILES string of the molecule is CC(NC(=O)/C(C#N)=C\NCCCO)c1ccc2c(c1)CCCC2. The van der Waals surface area contributed by atoms with E-state index in [0.29, 0.717) is 13.0 Å². The Balaban J connectivity index is 1.98. The molecule has 24 heavy (non-hydrogen) atoms. The second-order valence-electron chi connectivity index (χ2n) is 6.13. The first-order valence-corrected chi connectivity index (χ1v) is 8.52. The molecule has 0 radical (unpaired) electrons. The van der Waals surface area contributed by atoms with Crippen molar-refractivity contribution in [2.24, 2.45) is 0 Å². The summed E-state index contributed by atoms with van der Waals surface area (Å²) in [5, 5.41) is 23.6. The number of fused-ring (bicyclic) bond motifs is 1. The zero-order valence-corrected chi connectivity index (χ0v) is 14.1. The number of aliphatic hydroxyl groups excluding tert-OH is 1. The highest BCUT2D eigenvalue weighted by atomic mass is 16.3. The van der Waals surface area contributed by atoms with Crippen molar-refractivity contribution in [1.29, 1.82) is 5.26 Å². The third-order valence-electron chi connectivity index (χ3n) is 4.31. The van der Waals surface area contributed by atoms with Crippen LogP contribution in [-0.2, 0) is 17.6 Å². The minimum Gasteiger partial charge on any atom is -0.396 e. The van der Waals surface area contributed by atoms with Crippen molar-refractivity contribution in [3.63, 3.8) is 0 Å². The van der Waals surface area contributed by atoms with Gasteiger partial charge in [-0.2, -0.15) is 5.26 Å². The topological polar surface area (TPSA) is 85.2 Å². The summed E-state index contributed by atoms with van der Waals surface area (Å²) in [6.07, 6.45) is 6.68. The van der Waals surface area contributed by atoms with E-state index in [1.807, 2.05) is 13.0 Å². The molecule has 0 fully saturated rings. The van der Waals surface area contributed by atoms with E-state index < -0.39 is 0 Å². The van der Waals surface area contributed by atoms with Crippen molar-refractivity contribution >= 4 is 5.91 Å². The van der Waals surface area contributed by atoms with Crippen LogP contribution in [0, 0.1) is 11.3 Å². The highest BCUT2D eigenvalue weighted by Gasteiger charge is 2.16. The Morgan fingerprint density at radius 2 is 2.12 bits per heavy atom. The van der Waals surface area contributed by atoms with Crippen LogP contribution in [0.2, 0.25) is 0 Å². The summed E-state index contributed by atoms with van der Waals surface area (Å²) in [6, 6.07) is 8.15. The Morgan fingerprint density at radius 3 is 2.83 bits per heavy atom. The third-order valence-corrected chi connectivity index (χ3v) is 4.31. The minimum absolute atomic E-state index is 0.0396. The molecule has 1 aromatic rings. The average molecular weight is 327 g/mol. The third kappa shape index (κ3) is 4.84. The van der Waals surface area contributed by atoms with E-state index in [9.17, 15) is 4.79 Å². The first kappa shape index (κ1) is 18.0. The Morgan fingerprint density at radius 1 is 1.38 bits per heavy atom. The van der Waals surface area contributed by atoms with Gasteiger partial charge in [-0.05, 0) is 55.7 Å². The lowest BCUT2D eigenvalue weighted by molar-refractivity contribution is -0.117. The summed E-state index contributed by atoms with van der Waals surface area (Å²) in [6.45, 7) is 2.52. The zero-order chi connectivity index (χ0) is 17.4. The van der Waals surface area contributed by atoms with E-state index >= 15 is 0 Å². The van der Waals surface area contributed by atoms with Gasteiger partial charge in [-0.3, -0.25) is 4.79 Å². The molecule has 2 rings (SSSR count). The van der Waals surface area contributed by atoms with E-state index in [0.717, 1.165) is 18.4 Å². The molecular weight excluding hydrogens is 302 g/mol. The van der Waals surface area contributed by atoms with E-state index in [4.69, 9.17) is 10.4 Å². The zero-order valence-electron chi connectivity index (χ0n) is 14.1. The lowest BCUT2D eigenvalue weighted by Gasteiger charge is -2.20. The number of hydrogen-bond acceptors (Lipinski definition) is 4. The van der Waals surface area contributed by atoms with Crippen LogP contribution in [0.4, 0.5) is 0 Å². The molecule has 0 saturated carbocycles. The van der Waals surface area contributed by atoms with Crippen molar-refractivity contribution in [1.82, 2.24) is 10.6 Å². The van der Waals surface area contributed by atoms with Gasteiger partial charge in [0.05, 0.1) is 6.04 Å². The first-order valence-electron chi connectivity index (χ1n) is 8.52. The lowest BCUT2D eigenvalue weighted by atomic mass is 9.89. The van der Waals surface area contributed by atoms with Gasteiger partial charge in [0.25, 0.3) is 5.91 Å². The predicted octanol–water partition coefficient (Wildman–Crippen LogP) is 2.12. The molecule has 1 aliphatic rings. The van der Waals surface area contributed by atoms with Crippen LogP contribution in [0.15, 0.2) is 30.0 Å². The van der Waals surface area contributed by atoms with Crippen molar-refractivity contribution in [3.05, 3.63) is 46.7 Å². The van der Waals surface area contributed by atoms with Crippen LogP contribution in [0.25, 0.3) is 0 Å². The summed E-state index contributed by atoms with van der Waals surface area (Å²) in [7, 11) is 0. The molecule has 0 saturated heterocycles. The predicted molar refractivity (Wildman–Crippen MR) is 93.0 cm³/mol. The Kier molecular flexibility index (Phi) is 6.83. The molecule has 0 heterocycles. The second kappa shape index (κ2) is 9.09. The fourth-order valence-corrected chi connectivity index (χ4v) is 2.88. The Bertz CT molecular complexity index is 647. The Labute approximate surface area is 143 Å². The van der Waals surface area contributed by atoms with Gasteiger partial charge in [0.1, 0.15) is 11.6 Å². The quantitative estimate of drug-likeness (QED) is 0.407. The monoisotopic (exact) mass is 327 g/mol. The fraction of sp³-hybridized carbons (Fsp3) is 0.474. The lowest BCUT2D eigenvalue weighted by Crippen LogP contribution is -2.28. The van der Waals surface area contributed by atoms with Gasteiger partial charge in [-0.1, -0.05) is 18.2 Å². The molecule has 128 valence electrons. The smallest absolute Gasteiger partial charge is 0.263 e. The van der Waals surface area contributed by atoms with Crippen LogP contribution in [0.1, 0.15) is 48.9 Å². The number of carbonyl (C=O) groups excluding carboxylic acids is 1. The van der Waals surface area contributed by atoms with Crippen LogP contribution < -0.4 is 10.6 Å². The van der Waals surface area contributed by atoms with Crippen LogP contribution in [0.5, 0.6) is 0 Å². The Hall–Kier alpha value is -2.32. The van der Waals surface area contributed by atoms with Crippen molar-refractivity contribution < 1.29 is 9.90 Å². The summed E-state index contributed by atoms with van der Waals surface area (Å²) in [4.78, 5) is 12.2. The number of nitrogens with one attached hydrogen (secondary N) is 2. The standard InChI is InChI=1S/C19H25N3O2/c1-14(16-8-7-15-5-2-3-6-17(15)11-16)22-19(24)18(12-20)13-21-9-4-10-23/h7-8,11,13-14,21,23H,2-6,9-10H2,1H3,(H,22,24)/b18-13-. The minimum atomic E-state index is -0.390. The maximum Gasteiger partial charge on any atom is 0.263 e. The molecular formula is C19H25N3O2. The highest BCUT2D eigenvalue weighted by Crippen LogP contribution is 2.24. The van der Waals surface area contributed by atoms with Gasteiger partial charge < -0.3 is 15.7 Å². The average Bonchev–Trinajstić information content (AvgIpc) is 2.61. The van der Waals surface area contributed by atoms with Gasteiger partial charge in [-0.15, -0.1) is 0 Å². The molecule has 1 amide bonds. The number of hydrogen-bond donors (Lipinski definition) is 3. The maximum atomic E-state index is 12.2. The summed E-state index contributed by atoms with van der Waals surface area (Å²) < 4.78 is 0. The van der Waals surface area contributed by atoms with Crippen LogP contribution in [0.3, 0.4) is 0 Å². The molecule has 0 aliphatic heterocycles. The fourth-order valence-electron chi connectivity index (χ4n) is 2.88. The molecule has 1 atom stereocenters. The number of nitriles is 1. The van der Waals surface area contributed by atoms with Crippen LogP contribution >= 0.6 is 0 Å². The van der Waals surface area contributed by atoms with Crippen molar-refractivity contribution in [2.75, 3.05) is 13.2 Å². The largest absolute Gasteiger partial charge is 0.396 e. The van der Waals surface area contributed by atoms with Gasteiger partial charge >= 0.3 is 0 Å². The number of nitrogens with zero attached hydrogens (tertiary/aromatic N) is 1. The molecule has 0 aromatic heterocycles. The number of rotatable bonds is 7. The summed E-state index contributed by atoms with van der Waals surface area (Å²) >= 11 is 0. The molecule has 1 aliphatic carbocycles. The molecule has 1 aromatic carbocycles. The number of benzene rings is 1. The van der Waals surface area contributed by atoms with Crippen molar-refractivity contribution in [2.45, 2.75) is 45.1 Å². The number of amides is 1. The second-order valence-corrected chi connectivity index (χ2v) is 6.13. The van der Waals surface area contributed by atoms with Crippen LogP contribution in [-0.4, -0.2) is 24.2 Å². The van der Waals surface area contributed by atoms with E-state index in [2.05, 4.69) is 28.8 Å². The summed E-state index contributed by atoms with van der Waals surface area (Å²) in [5.41, 5.74) is 3.89. The van der Waals surface area contributed by atoms with E-state index in [-0.39, 0.29) is 24.1 Å². The van der Waals surface area contributed by atoms with Gasteiger partial charge in [-0.25, -0.2) is 0 Å².